The summed E-state index contributed by atoms with van der Waals surface area (Å²) in [6.07, 6.45) is 2.31. The van der Waals surface area contributed by atoms with Crippen molar-refractivity contribution in [2.75, 3.05) is 0 Å². The molecule has 88 valence electrons. The van der Waals surface area contributed by atoms with E-state index in [-0.39, 0.29) is 18.3 Å². The van der Waals surface area contributed by atoms with Crippen LogP contribution in [0, 0.1) is 6.92 Å². The summed E-state index contributed by atoms with van der Waals surface area (Å²) in [5, 5.41) is 7.82. The minimum atomic E-state index is -0.286. The second-order valence-corrected chi connectivity index (χ2v) is 5.24. The Kier molecular flexibility index (Phi) is 2.59. The predicted molar refractivity (Wildman–Crippen MR) is 60.8 cm³/mol. The molecule has 0 spiro atoms. The Labute approximate surface area is 96.3 Å². The highest BCUT2D eigenvalue weighted by Crippen LogP contribution is 2.36. The van der Waals surface area contributed by atoms with E-state index in [2.05, 4.69) is 10.3 Å². The zero-order chi connectivity index (χ0) is 12.0. The Morgan fingerprint density at radius 1 is 1.25 bits per heavy atom. The van der Waals surface area contributed by atoms with E-state index in [0.29, 0.717) is 6.44 Å². The van der Waals surface area contributed by atoms with Gasteiger partial charge in [0.05, 0.1) is 29.5 Å². The van der Waals surface area contributed by atoms with Crippen molar-refractivity contribution in [1.82, 2.24) is 15.0 Å². The molecule has 6 heteroatoms. The maximum atomic E-state index is 5.88. The Hall–Kier alpha value is -0.875. The summed E-state index contributed by atoms with van der Waals surface area (Å²) in [7, 11) is -0.259. The fourth-order valence-electron chi connectivity index (χ4n) is 1.67. The quantitative estimate of drug-likeness (QED) is 0.707. The van der Waals surface area contributed by atoms with Crippen LogP contribution < -0.4 is 0 Å². The van der Waals surface area contributed by atoms with Crippen LogP contribution in [-0.4, -0.2) is 33.3 Å². The second kappa shape index (κ2) is 3.57. The Balaban J connectivity index is 2.08. The minimum absolute atomic E-state index is 0.259. The number of aromatic nitrogens is 3. The molecule has 1 aromatic heterocycles. The molecule has 2 rings (SSSR count). The van der Waals surface area contributed by atoms with Crippen molar-refractivity contribution >= 4 is 7.12 Å². The molecule has 0 saturated carbocycles. The maximum Gasteiger partial charge on any atom is 0.480 e. The number of aryl methyl sites for hydroxylation is 1. The van der Waals surface area contributed by atoms with Gasteiger partial charge in [0, 0.05) is 0 Å². The van der Waals surface area contributed by atoms with Gasteiger partial charge in [-0.15, -0.1) is 5.10 Å². The number of nitrogens with zero attached hydrogens (tertiary/aromatic N) is 3. The van der Waals surface area contributed by atoms with Gasteiger partial charge in [0.15, 0.2) is 0 Å². The fourth-order valence-corrected chi connectivity index (χ4v) is 1.67. The van der Waals surface area contributed by atoms with E-state index in [1.165, 1.54) is 0 Å². The van der Waals surface area contributed by atoms with E-state index in [4.69, 9.17) is 9.31 Å². The van der Waals surface area contributed by atoms with Gasteiger partial charge in [0.2, 0.25) is 0 Å². The smallest absolute Gasteiger partial charge is 0.402 e. The summed E-state index contributed by atoms with van der Waals surface area (Å²) >= 11 is 0. The van der Waals surface area contributed by atoms with E-state index in [0.717, 1.165) is 5.69 Å². The van der Waals surface area contributed by atoms with Crippen molar-refractivity contribution < 1.29 is 9.31 Å². The zero-order valence-corrected chi connectivity index (χ0v) is 10.5. The predicted octanol–water partition coefficient (Wildman–Crippen LogP) is 1.22. The van der Waals surface area contributed by atoms with Crippen LogP contribution >= 0.6 is 0 Å². The monoisotopic (exact) mass is 223 g/mol. The van der Waals surface area contributed by atoms with Gasteiger partial charge >= 0.3 is 7.12 Å². The SMILES string of the molecule is Cc1cnnn1CB1OC(C)(C)C(C)(C)O1. The number of hydrogen-bond acceptors (Lipinski definition) is 4. The largest absolute Gasteiger partial charge is 0.480 e. The molecular weight excluding hydrogens is 205 g/mol. The van der Waals surface area contributed by atoms with Gasteiger partial charge in [-0.1, -0.05) is 5.21 Å². The Morgan fingerprint density at radius 3 is 2.25 bits per heavy atom. The highest BCUT2D eigenvalue weighted by Gasteiger charge is 2.51. The number of rotatable bonds is 2. The summed E-state index contributed by atoms with van der Waals surface area (Å²) in [4.78, 5) is 0. The molecule has 5 nitrogen and oxygen atoms in total. The van der Waals surface area contributed by atoms with Gasteiger partial charge in [-0.2, -0.15) is 0 Å². The lowest BCUT2D eigenvalue weighted by Gasteiger charge is -2.32. The maximum absolute atomic E-state index is 5.88. The fraction of sp³-hybridized carbons (Fsp3) is 0.800. The molecule has 1 aliphatic rings. The molecule has 1 aromatic rings. The molecule has 0 aromatic carbocycles. The molecule has 1 fully saturated rings. The van der Waals surface area contributed by atoms with Gasteiger partial charge in [-0.3, -0.25) is 4.68 Å². The van der Waals surface area contributed by atoms with Crippen LogP contribution in [0.25, 0.3) is 0 Å². The van der Waals surface area contributed by atoms with Crippen LogP contribution in [0.1, 0.15) is 33.4 Å². The molecule has 0 radical (unpaired) electrons. The molecule has 0 amide bonds. The topological polar surface area (TPSA) is 49.2 Å². The minimum Gasteiger partial charge on any atom is -0.402 e. The third kappa shape index (κ3) is 1.87. The van der Waals surface area contributed by atoms with Gasteiger partial charge in [-0.25, -0.2) is 0 Å². The summed E-state index contributed by atoms with van der Waals surface area (Å²) in [5.74, 6) is 0. The third-order valence-corrected chi connectivity index (χ3v) is 3.44. The first-order chi connectivity index (χ1) is 7.32. The van der Waals surface area contributed by atoms with Crippen LogP contribution in [-0.2, 0) is 15.8 Å². The lowest BCUT2D eigenvalue weighted by Crippen LogP contribution is -2.41. The van der Waals surface area contributed by atoms with Crippen molar-refractivity contribution in [2.45, 2.75) is 52.3 Å². The molecule has 1 aliphatic heterocycles. The van der Waals surface area contributed by atoms with Crippen molar-refractivity contribution in [3.8, 4) is 0 Å². The molecule has 16 heavy (non-hydrogen) atoms. The van der Waals surface area contributed by atoms with Crippen molar-refractivity contribution in [3.05, 3.63) is 11.9 Å². The highest BCUT2D eigenvalue weighted by molar-refractivity contribution is 6.44. The second-order valence-electron chi connectivity index (χ2n) is 5.24. The van der Waals surface area contributed by atoms with E-state index in [1.54, 1.807) is 10.9 Å². The highest BCUT2D eigenvalue weighted by atomic mass is 16.7. The molecule has 0 unspecified atom stereocenters. The van der Waals surface area contributed by atoms with E-state index in [9.17, 15) is 0 Å². The first kappa shape index (κ1) is 11.6. The van der Waals surface area contributed by atoms with Crippen LogP contribution in [0.4, 0.5) is 0 Å². The van der Waals surface area contributed by atoms with Gasteiger partial charge < -0.3 is 9.31 Å². The lowest BCUT2D eigenvalue weighted by atomic mass is 9.90. The molecule has 2 heterocycles. The normalized spacial score (nSPS) is 22.7. The Bertz CT molecular complexity index is 373. The van der Waals surface area contributed by atoms with Gasteiger partial charge in [-0.05, 0) is 34.6 Å². The van der Waals surface area contributed by atoms with Gasteiger partial charge in [0.25, 0.3) is 0 Å². The average Bonchev–Trinajstić information content (AvgIpc) is 2.57. The molecular formula is C10H18BN3O2. The third-order valence-electron chi connectivity index (χ3n) is 3.44. The molecule has 0 aliphatic carbocycles. The molecule has 1 saturated heterocycles. The van der Waals surface area contributed by atoms with E-state index >= 15 is 0 Å². The summed E-state index contributed by atoms with van der Waals surface area (Å²) in [6.45, 7) is 10.1. The van der Waals surface area contributed by atoms with Crippen LogP contribution in [0.15, 0.2) is 6.20 Å². The van der Waals surface area contributed by atoms with E-state index in [1.807, 2.05) is 34.6 Å². The van der Waals surface area contributed by atoms with Crippen molar-refractivity contribution in [2.24, 2.45) is 0 Å². The lowest BCUT2D eigenvalue weighted by molar-refractivity contribution is 0.00578. The van der Waals surface area contributed by atoms with Crippen molar-refractivity contribution in [1.29, 1.82) is 0 Å². The van der Waals surface area contributed by atoms with Crippen LogP contribution in [0.2, 0.25) is 0 Å². The summed E-state index contributed by atoms with van der Waals surface area (Å²) in [6, 6.07) is 0. The van der Waals surface area contributed by atoms with Crippen molar-refractivity contribution in [3.63, 3.8) is 0 Å². The van der Waals surface area contributed by atoms with Crippen LogP contribution in [0.3, 0.4) is 0 Å². The standard InChI is InChI=1S/C10H18BN3O2/c1-8-6-12-13-14(8)7-11-15-9(2,3)10(4,5)16-11/h6H,7H2,1-5H3. The first-order valence-corrected chi connectivity index (χ1v) is 5.52. The van der Waals surface area contributed by atoms with E-state index < -0.39 is 0 Å². The number of hydrogen-bond donors (Lipinski definition) is 0. The molecule has 0 atom stereocenters. The summed E-state index contributed by atoms with van der Waals surface area (Å²) < 4.78 is 13.6. The average molecular weight is 223 g/mol. The summed E-state index contributed by atoms with van der Waals surface area (Å²) in [5.41, 5.74) is 0.438. The molecule has 0 N–H and O–H groups in total. The molecule has 0 bridgehead atoms. The zero-order valence-electron chi connectivity index (χ0n) is 10.5. The van der Waals surface area contributed by atoms with Crippen LogP contribution in [0.5, 0.6) is 0 Å². The van der Waals surface area contributed by atoms with Gasteiger partial charge in [0.1, 0.15) is 0 Å². The Morgan fingerprint density at radius 2 is 1.81 bits per heavy atom. The first-order valence-electron chi connectivity index (χ1n) is 5.52.